The number of morpholine rings is 1. The maximum absolute atomic E-state index is 13.1. The molecule has 2 amide bonds. The van der Waals surface area contributed by atoms with E-state index in [9.17, 15) is 20.0 Å². The lowest BCUT2D eigenvalue weighted by Gasteiger charge is -2.27. The van der Waals surface area contributed by atoms with Gasteiger partial charge in [-0.1, -0.05) is 30.3 Å². The maximum Gasteiger partial charge on any atom is 0.266 e. The number of aromatic nitrogens is 1. The van der Waals surface area contributed by atoms with Crippen LogP contribution in [0.3, 0.4) is 0 Å². The van der Waals surface area contributed by atoms with Gasteiger partial charge in [0, 0.05) is 29.8 Å². The standard InChI is InChI=1S/C28H22N4O4S/c29-17-22-21(18-5-3-6-19(15-18)28(35)32-10-12-36-13-11-32)16-23(20-7-1-2-8-24(20)33)30-26(22)31-27(34)25-9-4-14-37-25/h1-9,14-16,33H,10-13H2,(H,30,31,34). The molecule has 2 N–H and O–H groups in total. The maximum atomic E-state index is 13.1. The number of nitriles is 1. The first-order chi connectivity index (χ1) is 18.0. The lowest BCUT2D eigenvalue weighted by Crippen LogP contribution is -2.40. The summed E-state index contributed by atoms with van der Waals surface area (Å²) in [5, 5.41) is 25.2. The summed E-state index contributed by atoms with van der Waals surface area (Å²) in [6.07, 6.45) is 0. The average Bonchev–Trinajstić information content (AvgIpc) is 3.48. The molecule has 184 valence electrons. The van der Waals surface area contributed by atoms with Crippen LogP contribution < -0.4 is 5.32 Å². The Labute approximate surface area is 217 Å². The van der Waals surface area contributed by atoms with Crippen molar-refractivity contribution in [3.63, 3.8) is 0 Å². The molecule has 3 heterocycles. The number of para-hydroxylation sites is 1. The van der Waals surface area contributed by atoms with Gasteiger partial charge in [-0.05, 0) is 47.3 Å². The molecule has 0 aliphatic carbocycles. The van der Waals surface area contributed by atoms with Gasteiger partial charge in [-0.2, -0.15) is 5.26 Å². The lowest BCUT2D eigenvalue weighted by molar-refractivity contribution is 0.0303. The summed E-state index contributed by atoms with van der Waals surface area (Å²) < 4.78 is 5.35. The number of pyridine rings is 1. The molecule has 9 heteroatoms. The Kier molecular flexibility index (Phi) is 6.94. The third-order valence-corrected chi connectivity index (χ3v) is 6.88. The number of phenols is 1. The van der Waals surface area contributed by atoms with E-state index in [0.29, 0.717) is 59.1 Å². The van der Waals surface area contributed by atoms with Crippen molar-refractivity contribution in [2.24, 2.45) is 0 Å². The molecular formula is C28H22N4O4S. The van der Waals surface area contributed by atoms with Crippen molar-refractivity contribution in [1.82, 2.24) is 9.88 Å². The van der Waals surface area contributed by atoms with Gasteiger partial charge in [-0.3, -0.25) is 9.59 Å². The van der Waals surface area contributed by atoms with Gasteiger partial charge in [-0.25, -0.2) is 4.98 Å². The Morgan fingerprint density at radius 3 is 2.57 bits per heavy atom. The smallest absolute Gasteiger partial charge is 0.266 e. The molecule has 4 aromatic rings. The Hall–Kier alpha value is -4.52. The minimum absolute atomic E-state index is 0.0115. The zero-order valence-corrected chi connectivity index (χ0v) is 20.5. The third-order valence-electron chi connectivity index (χ3n) is 6.01. The summed E-state index contributed by atoms with van der Waals surface area (Å²) in [5.41, 5.74) is 2.54. The second-order valence-corrected chi connectivity index (χ2v) is 9.27. The summed E-state index contributed by atoms with van der Waals surface area (Å²) in [7, 11) is 0. The number of carbonyl (C=O) groups excluding carboxylic acids is 2. The predicted octanol–water partition coefficient (Wildman–Crippen LogP) is 4.78. The molecule has 0 atom stereocenters. The van der Waals surface area contributed by atoms with Crippen LogP contribution in [-0.2, 0) is 4.74 Å². The van der Waals surface area contributed by atoms with Gasteiger partial charge in [0.2, 0.25) is 0 Å². The molecule has 8 nitrogen and oxygen atoms in total. The van der Waals surface area contributed by atoms with Crippen LogP contribution in [0.2, 0.25) is 0 Å². The van der Waals surface area contributed by atoms with Crippen LogP contribution in [0.1, 0.15) is 25.6 Å². The molecule has 37 heavy (non-hydrogen) atoms. The number of aromatic hydroxyl groups is 1. The molecule has 0 bridgehead atoms. The van der Waals surface area contributed by atoms with Gasteiger partial charge >= 0.3 is 0 Å². The molecule has 2 aromatic carbocycles. The fraction of sp³-hybridized carbons (Fsp3) is 0.143. The Morgan fingerprint density at radius 1 is 1.03 bits per heavy atom. The molecule has 0 radical (unpaired) electrons. The molecule has 1 aliphatic heterocycles. The number of anilines is 1. The SMILES string of the molecule is N#Cc1c(-c2cccc(C(=O)N3CCOCC3)c2)cc(-c2ccccc2O)nc1NC(=O)c1cccs1. The van der Waals surface area contributed by atoms with E-state index in [0.717, 1.165) is 0 Å². The van der Waals surface area contributed by atoms with Crippen molar-refractivity contribution in [2.45, 2.75) is 0 Å². The quantitative estimate of drug-likeness (QED) is 0.399. The van der Waals surface area contributed by atoms with Crippen molar-refractivity contribution in [2.75, 3.05) is 31.6 Å². The first-order valence-electron chi connectivity index (χ1n) is 11.6. The number of benzene rings is 2. The van der Waals surface area contributed by atoms with Crippen LogP contribution in [0, 0.1) is 11.3 Å². The van der Waals surface area contributed by atoms with E-state index in [-0.39, 0.29) is 23.0 Å². The molecule has 0 spiro atoms. The minimum atomic E-state index is -0.393. The van der Waals surface area contributed by atoms with E-state index in [1.165, 1.54) is 11.3 Å². The minimum Gasteiger partial charge on any atom is -0.507 e. The lowest BCUT2D eigenvalue weighted by atomic mass is 9.96. The van der Waals surface area contributed by atoms with E-state index in [1.54, 1.807) is 77.0 Å². The highest BCUT2D eigenvalue weighted by atomic mass is 32.1. The van der Waals surface area contributed by atoms with Gasteiger partial charge in [0.25, 0.3) is 11.8 Å². The first kappa shape index (κ1) is 24.2. The second-order valence-electron chi connectivity index (χ2n) is 8.32. The number of nitrogens with zero attached hydrogens (tertiary/aromatic N) is 3. The third kappa shape index (κ3) is 5.07. The number of amides is 2. The summed E-state index contributed by atoms with van der Waals surface area (Å²) in [4.78, 5) is 32.7. The summed E-state index contributed by atoms with van der Waals surface area (Å²) in [6.45, 7) is 2.01. The molecule has 0 unspecified atom stereocenters. The van der Waals surface area contributed by atoms with Gasteiger partial charge in [0.05, 0.1) is 23.8 Å². The highest BCUT2D eigenvalue weighted by Gasteiger charge is 2.22. The molecule has 5 rings (SSSR count). The van der Waals surface area contributed by atoms with Gasteiger partial charge in [-0.15, -0.1) is 11.3 Å². The zero-order valence-electron chi connectivity index (χ0n) is 19.7. The zero-order chi connectivity index (χ0) is 25.8. The Bertz CT molecular complexity index is 1510. The number of nitrogens with one attached hydrogen (secondary N) is 1. The Morgan fingerprint density at radius 2 is 1.84 bits per heavy atom. The summed E-state index contributed by atoms with van der Waals surface area (Å²) >= 11 is 1.27. The molecule has 1 saturated heterocycles. The number of thiophene rings is 1. The van der Waals surface area contributed by atoms with Crippen LogP contribution in [-0.4, -0.2) is 53.1 Å². The number of rotatable bonds is 5. The van der Waals surface area contributed by atoms with Gasteiger partial charge in [0.1, 0.15) is 17.4 Å². The fourth-order valence-corrected chi connectivity index (χ4v) is 4.77. The van der Waals surface area contributed by atoms with Crippen LogP contribution in [0.5, 0.6) is 5.75 Å². The molecular weight excluding hydrogens is 488 g/mol. The Balaban J connectivity index is 1.62. The van der Waals surface area contributed by atoms with Crippen molar-refractivity contribution in [3.8, 4) is 34.2 Å². The predicted molar refractivity (Wildman–Crippen MR) is 140 cm³/mol. The number of hydrogen-bond acceptors (Lipinski definition) is 7. The number of carbonyl (C=O) groups is 2. The fourth-order valence-electron chi connectivity index (χ4n) is 4.15. The van der Waals surface area contributed by atoms with Crippen LogP contribution in [0.4, 0.5) is 5.82 Å². The number of hydrogen-bond donors (Lipinski definition) is 2. The topological polar surface area (TPSA) is 116 Å². The van der Waals surface area contributed by atoms with Gasteiger partial charge in [0.15, 0.2) is 5.82 Å². The van der Waals surface area contributed by atoms with Crippen molar-refractivity contribution >= 4 is 29.0 Å². The van der Waals surface area contributed by atoms with E-state index in [1.807, 2.05) is 0 Å². The number of phenolic OH excluding ortho intramolecular Hbond substituents is 1. The van der Waals surface area contributed by atoms with Crippen LogP contribution in [0.15, 0.2) is 72.1 Å². The molecule has 0 saturated carbocycles. The van der Waals surface area contributed by atoms with Crippen molar-refractivity contribution < 1.29 is 19.4 Å². The highest BCUT2D eigenvalue weighted by molar-refractivity contribution is 7.12. The van der Waals surface area contributed by atoms with Crippen molar-refractivity contribution in [3.05, 3.63) is 88.1 Å². The van der Waals surface area contributed by atoms with E-state index in [2.05, 4.69) is 16.4 Å². The summed E-state index contributed by atoms with van der Waals surface area (Å²) in [6, 6.07) is 21.0. The van der Waals surface area contributed by atoms with E-state index < -0.39 is 5.91 Å². The molecule has 1 aliphatic rings. The summed E-state index contributed by atoms with van der Waals surface area (Å²) in [5.74, 6) is -0.431. The largest absolute Gasteiger partial charge is 0.507 e. The highest BCUT2D eigenvalue weighted by Crippen LogP contribution is 2.36. The first-order valence-corrected chi connectivity index (χ1v) is 12.5. The van der Waals surface area contributed by atoms with Crippen LogP contribution >= 0.6 is 11.3 Å². The number of ether oxygens (including phenoxy) is 1. The average molecular weight is 511 g/mol. The van der Waals surface area contributed by atoms with Gasteiger partial charge < -0.3 is 20.1 Å². The van der Waals surface area contributed by atoms with Crippen molar-refractivity contribution in [1.29, 1.82) is 5.26 Å². The van der Waals surface area contributed by atoms with E-state index in [4.69, 9.17) is 4.74 Å². The normalized spacial score (nSPS) is 13.1. The second kappa shape index (κ2) is 10.6. The molecule has 1 fully saturated rings. The van der Waals surface area contributed by atoms with E-state index >= 15 is 0 Å². The molecule has 2 aromatic heterocycles. The monoisotopic (exact) mass is 510 g/mol. The van der Waals surface area contributed by atoms with Crippen LogP contribution in [0.25, 0.3) is 22.4 Å².